The molecule has 0 bridgehead atoms. The second-order valence-corrected chi connectivity index (χ2v) is 5.83. The highest BCUT2D eigenvalue weighted by Crippen LogP contribution is 2.46. The van der Waals surface area contributed by atoms with E-state index >= 15 is 0 Å². The van der Waals surface area contributed by atoms with Crippen LogP contribution < -0.4 is 0 Å². The molecule has 0 aliphatic carbocycles. The van der Waals surface area contributed by atoms with Crippen LogP contribution >= 0.6 is 0 Å². The molecule has 0 aromatic carbocycles. The summed E-state index contributed by atoms with van der Waals surface area (Å²) in [6.07, 6.45) is -0.557. The van der Waals surface area contributed by atoms with Gasteiger partial charge in [0.05, 0.1) is 6.61 Å². The zero-order valence-corrected chi connectivity index (χ0v) is 11.0. The fourth-order valence-electron chi connectivity index (χ4n) is 2.85. The summed E-state index contributed by atoms with van der Waals surface area (Å²) < 4.78 is 28.5. The van der Waals surface area contributed by atoms with Crippen molar-refractivity contribution in [3.8, 4) is 0 Å². The molecule has 0 aromatic rings. The number of ether oxygens (including phenoxy) is 5. The average Bonchev–Trinajstić information content (AvgIpc) is 2.70. The van der Waals surface area contributed by atoms with E-state index in [-0.39, 0.29) is 18.8 Å². The van der Waals surface area contributed by atoms with Gasteiger partial charge in [-0.2, -0.15) is 0 Å². The first-order valence-electron chi connectivity index (χ1n) is 6.11. The molecule has 0 aromatic heterocycles. The van der Waals surface area contributed by atoms with Gasteiger partial charge in [-0.1, -0.05) is 0 Å². The Morgan fingerprint density at radius 2 is 1.78 bits per heavy atom. The van der Waals surface area contributed by atoms with Crippen LogP contribution in [-0.2, 0) is 28.5 Å². The van der Waals surface area contributed by atoms with Crippen molar-refractivity contribution in [2.45, 2.75) is 63.4 Å². The second-order valence-electron chi connectivity index (χ2n) is 5.83. The summed E-state index contributed by atoms with van der Waals surface area (Å²) in [5.41, 5.74) is 0. The maximum absolute atomic E-state index is 11.4. The van der Waals surface area contributed by atoms with E-state index in [4.69, 9.17) is 23.7 Å². The van der Waals surface area contributed by atoms with E-state index in [1.165, 1.54) is 0 Å². The van der Waals surface area contributed by atoms with Gasteiger partial charge in [-0.3, -0.25) is 4.79 Å². The molecule has 3 heterocycles. The number of hydrogen-bond donors (Lipinski definition) is 0. The molecular weight excluding hydrogens is 240 g/mol. The lowest BCUT2D eigenvalue weighted by atomic mass is 9.98. The highest BCUT2D eigenvalue weighted by atomic mass is 16.9. The molecule has 18 heavy (non-hydrogen) atoms. The predicted molar refractivity (Wildman–Crippen MR) is 58.6 cm³/mol. The second kappa shape index (κ2) is 3.52. The SMILES string of the molecule is CC1(C)O[C@H]2[C@H]3OC(C)(C)O[C@@]3(C=O)OC[C@H]2O1. The van der Waals surface area contributed by atoms with Gasteiger partial charge < -0.3 is 23.7 Å². The Kier molecular flexibility index (Phi) is 2.44. The first-order chi connectivity index (χ1) is 8.27. The van der Waals surface area contributed by atoms with Gasteiger partial charge in [-0.15, -0.1) is 0 Å². The Morgan fingerprint density at radius 1 is 1.06 bits per heavy atom. The molecule has 0 unspecified atom stereocenters. The minimum atomic E-state index is -1.38. The van der Waals surface area contributed by atoms with Gasteiger partial charge in [0, 0.05) is 0 Å². The van der Waals surface area contributed by atoms with Gasteiger partial charge in [-0.05, 0) is 27.7 Å². The van der Waals surface area contributed by atoms with Crippen molar-refractivity contribution in [3.05, 3.63) is 0 Å². The molecule has 4 atom stereocenters. The van der Waals surface area contributed by atoms with Gasteiger partial charge in [0.2, 0.25) is 0 Å². The van der Waals surface area contributed by atoms with Crippen molar-refractivity contribution in [2.24, 2.45) is 0 Å². The van der Waals surface area contributed by atoms with Crippen LogP contribution in [0.1, 0.15) is 27.7 Å². The highest BCUT2D eigenvalue weighted by molar-refractivity contribution is 5.62. The summed E-state index contributed by atoms with van der Waals surface area (Å²) in [6, 6.07) is 0. The average molecular weight is 258 g/mol. The first-order valence-corrected chi connectivity index (χ1v) is 6.11. The first kappa shape index (κ1) is 12.5. The van der Waals surface area contributed by atoms with Crippen LogP contribution in [0.3, 0.4) is 0 Å². The van der Waals surface area contributed by atoms with Crippen LogP contribution in [0.4, 0.5) is 0 Å². The Morgan fingerprint density at radius 3 is 2.44 bits per heavy atom. The zero-order valence-electron chi connectivity index (χ0n) is 11.0. The smallest absolute Gasteiger partial charge is 0.258 e. The van der Waals surface area contributed by atoms with E-state index in [2.05, 4.69) is 0 Å². The van der Waals surface area contributed by atoms with Crippen LogP contribution in [0.15, 0.2) is 0 Å². The molecule has 6 heteroatoms. The minimum absolute atomic E-state index is 0.240. The quantitative estimate of drug-likeness (QED) is 0.641. The summed E-state index contributed by atoms with van der Waals surface area (Å²) in [5, 5.41) is 0. The monoisotopic (exact) mass is 258 g/mol. The van der Waals surface area contributed by atoms with Crippen molar-refractivity contribution in [2.75, 3.05) is 6.61 Å². The molecule has 0 radical (unpaired) electrons. The number of fused-ring (bicyclic) bond motifs is 3. The molecular formula is C12H18O6. The molecule has 3 rings (SSSR count). The van der Waals surface area contributed by atoms with Gasteiger partial charge in [-0.25, -0.2) is 0 Å². The number of carbonyl (C=O) groups is 1. The van der Waals surface area contributed by atoms with Crippen molar-refractivity contribution in [1.29, 1.82) is 0 Å². The van der Waals surface area contributed by atoms with Gasteiger partial charge >= 0.3 is 0 Å². The molecule has 102 valence electrons. The van der Waals surface area contributed by atoms with Crippen molar-refractivity contribution < 1.29 is 28.5 Å². The predicted octanol–water partition coefficient (Wildman–Crippen LogP) is 0.583. The van der Waals surface area contributed by atoms with Gasteiger partial charge in [0.15, 0.2) is 24.0 Å². The Balaban J connectivity index is 1.93. The lowest BCUT2D eigenvalue weighted by Gasteiger charge is -2.36. The number of carbonyl (C=O) groups excluding carboxylic acids is 1. The molecule has 3 saturated heterocycles. The fraction of sp³-hybridized carbons (Fsp3) is 0.917. The molecule has 0 spiro atoms. The minimum Gasteiger partial charge on any atom is -0.342 e. The summed E-state index contributed by atoms with van der Waals surface area (Å²) >= 11 is 0. The van der Waals surface area contributed by atoms with Gasteiger partial charge in [0.25, 0.3) is 5.79 Å². The van der Waals surface area contributed by atoms with E-state index in [0.717, 1.165) is 0 Å². The number of rotatable bonds is 1. The van der Waals surface area contributed by atoms with Crippen LogP contribution in [0.2, 0.25) is 0 Å². The molecule has 0 saturated carbocycles. The lowest BCUT2D eigenvalue weighted by Crippen LogP contribution is -2.59. The summed E-state index contributed by atoms with van der Waals surface area (Å²) in [5.74, 6) is -2.96. The third-order valence-corrected chi connectivity index (χ3v) is 3.37. The summed E-state index contributed by atoms with van der Waals surface area (Å²) in [6.45, 7) is 7.40. The fourth-order valence-corrected chi connectivity index (χ4v) is 2.85. The van der Waals surface area contributed by atoms with Crippen molar-refractivity contribution >= 4 is 6.29 Å². The maximum Gasteiger partial charge on any atom is 0.258 e. The summed E-state index contributed by atoms with van der Waals surface area (Å²) in [4.78, 5) is 11.4. The molecule has 0 N–H and O–H groups in total. The van der Waals surface area contributed by atoms with E-state index in [1.54, 1.807) is 13.8 Å². The van der Waals surface area contributed by atoms with Crippen LogP contribution in [0, 0.1) is 0 Å². The molecule has 6 nitrogen and oxygen atoms in total. The maximum atomic E-state index is 11.4. The topological polar surface area (TPSA) is 63.2 Å². The van der Waals surface area contributed by atoms with Crippen molar-refractivity contribution in [3.63, 3.8) is 0 Å². The molecule has 3 aliphatic heterocycles. The lowest BCUT2D eigenvalue weighted by molar-refractivity contribution is -0.258. The highest BCUT2D eigenvalue weighted by Gasteiger charge is 2.65. The Hall–Kier alpha value is -0.530. The van der Waals surface area contributed by atoms with E-state index in [0.29, 0.717) is 6.29 Å². The van der Waals surface area contributed by atoms with Gasteiger partial charge in [0.1, 0.15) is 12.2 Å². The Labute approximate surface area is 105 Å². The van der Waals surface area contributed by atoms with Crippen LogP contribution in [0.25, 0.3) is 0 Å². The van der Waals surface area contributed by atoms with Crippen LogP contribution in [0.5, 0.6) is 0 Å². The third kappa shape index (κ3) is 1.71. The largest absolute Gasteiger partial charge is 0.342 e. The standard InChI is InChI=1S/C12H18O6/c1-10(2)15-7-5-14-12(6-13)9(8(7)16-10)17-11(3,4)18-12/h6-9H,5H2,1-4H3/t7-,8-,9-,12-/m1/s1. The molecule has 3 fully saturated rings. The van der Waals surface area contributed by atoms with Crippen molar-refractivity contribution in [1.82, 2.24) is 0 Å². The number of hydrogen-bond acceptors (Lipinski definition) is 6. The molecule has 3 aliphatic rings. The summed E-state index contributed by atoms with van der Waals surface area (Å²) in [7, 11) is 0. The van der Waals surface area contributed by atoms with Crippen LogP contribution in [-0.4, -0.2) is 48.6 Å². The third-order valence-electron chi connectivity index (χ3n) is 3.37. The van der Waals surface area contributed by atoms with E-state index in [9.17, 15) is 4.79 Å². The molecule has 0 amide bonds. The number of aldehydes is 1. The zero-order chi connectivity index (χ0) is 13.2. The van der Waals surface area contributed by atoms with E-state index < -0.39 is 23.5 Å². The van der Waals surface area contributed by atoms with E-state index in [1.807, 2.05) is 13.8 Å². The normalized spacial score (nSPS) is 48.6. The Bertz CT molecular complexity index is 379.